The van der Waals surface area contributed by atoms with Crippen molar-refractivity contribution in [3.8, 4) is 17.2 Å². The molecule has 4 aromatic rings. The summed E-state index contributed by atoms with van der Waals surface area (Å²) in [6, 6.07) is 15.8. The zero-order chi connectivity index (χ0) is 24.0. The van der Waals surface area contributed by atoms with E-state index in [0.29, 0.717) is 22.5 Å². The average molecular weight is 474 g/mol. The van der Waals surface area contributed by atoms with Crippen LogP contribution in [0.25, 0.3) is 17.2 Å². The molecule has 2 N–H and O–H groups in total. The highest BCUT2D eigenvalue weighted by atomic mass is 35.5. The minimum absolute atomic E-state index is 0.173. The molecule has 0 fully saturated rings. The standard InChI is InChI=1S/C25H20ClN5O3/c1-13-11-14(2)28-25(27-13)31-23-21(22(30-31)16-7-9-18(26)10-8-16)19(12-20(32)29-23)15-3-5-17(6-4-15)24(33)34/h3-11,19H,12H2,1-2H3,(H,29,32)(H,33,34)/t19-/m1/s1. The van der Waals surface area contributed by atoms with E-state index in [0.717, 1.165) is 28.1 Å². The number of hydrogen-bond donors (Lipinski definition) is 2. The van der Waals surface area contributed by atoms with Gasteiger partial charge in [-0.1, -0.05) is 35.9 Å². The number of benzene rings is 2. The number of carbonyl (C=O) groups excluding carboxylic acids is 1. The van der Waals surface area contributed by atoms with E-state index in [1.807, 2.05) is 32.0 Å². The molecule has 0 saturated heterocycles. The third kappa shape index (κ3) is 3.92. The first-order valence-corrected chi connectivity index (χ1v) is 11.0. The molecule has 0 saturated carbocycles. The average Bonchev–Trinajstić information content (AvgIpc) is 3.18. The van der Waals surface area contributed by atoms with Crippen LogP contribution in [0, 0.1) is 13.8 Å². The summed E-state index contributed by atoms with van der Waals surface area (Å²) in [5.74, 6) is -0.658. The lowest BCUT2D eigenvalue weighted by atomic mass is 9.84. The van der Waals surface area contributed by atoms with Gasteiger partial charge in [-0.3, -0.25) is 4.79 Å². The maximum atomic E-state index is 12.8. The van der Waals surface area contributed by atoms with Gasteiger partial charge < -0.3 is 10.4 Å². The molecule has 1 aliphatic rings. The molecule has 0 radical (unpaired) electrons. The fraction of sp³-hybridized carbons (Fsp3) is 0.160. The molecule has 1 amide bonds. The van der Waals surface area contributed by atoms with Gasteiger partial charge in [0.15, 0.2) is 0 Å². The Morgan fingerprint density at radius 2 is 1.71 bits per heavy atom. The highest BCUT2D eigenvalue weighted by Gasteiger charge is 2.35. The minimum atomic E-state index is -1.00. The Morgan fingerprint density at radius 1 is 1.06 bits per heavy atom. The third-order valence-electron chi connectivity index (χ3n) is 5.76. The summed E-state index contributed by atoms with van der Waals surface area (Å²) in [7, 11) is 0. The SMILES string of the molecule is Cc1cc(C)nc(-n2nc(-c3ccc(Cl)cc3)c3c2NC(=O)C[C@@H]3c2ccc(C(=O)O)cc2)n1. The number of carbonyl (C=O) groups is 2. The van der Waals surface area contributed by atoms with Crippen molar-refractivity contribution in [1.29, 1.82) is 0 Å². The Morgan fingerprint density at radius 3 is 2.32 bits per heavy atom. The van der Waals surface area contributed by atoms with Crippen LogP contribution in [0.3, 0.4) is 0 Å². The summed E-state index contributed by atoms with van der Waals surface area (Å²) in [5, 5.41) is 17.7. The van der Waals surface area contributed by atoms with Crippen molar-refractivity contribution < 1.29 is 14.7 Å². The number of aromatic carboxylic acids is 1. The highest BCUT2D eigenvalue weighted by molar-refractivity contribution is 6.30. The number of aromatic nitrogens is 4. The molecular weight excluding hydrogens is 454 g/mol. The maximum Gasteiger partial charge on any atom is 0.335 e. The van der Waals surface area contributed by atoms with Crippen LogP contribution >= 0.6 is 11.6 Å². The van der Waals surface area contributed by atoms with E-state index in [9.17, 15) is 14.7 Å². The molecule has 1 aliphatic heterocycles. The maximum absolute atomic E-state index is 12.8. The molecule has 0 aliphatic carbocycles. The number of carboxylic acid groups (broad SMARTS) is 1. The van der Waals surface area contributed by atoms with Crippen molar-refractivity contribution in [1.82, 2.24) is 19.7 Å². The lowest BCUT2D eigenvalue weighted by molar-refractivity contribution is -0.116. The number of halogens is 1. The minimum Gasteiger partial charge on any atom is -0.478 e. The lowest BCUT2D eigenvalue weighted by Gasteiger charge is -2.24. The monoisotopic (exact) mass is 473 g/mol. The molecule has 2 aromatic heterocycles. The molecule has 0 bridgehead atoms. The largest absolute Gasteiger partial charge is 0.478 e. The molecule has 1 atom stereocenters. The first kappa shape index (κ1) is 21.8. The fourth-order valence-corrected chi connectivity index (χ4v) is 4.39. The normalized spacial score (nSPS) is 15.0. The fourth-order valence-electron chi connectivity index (χ4n) is 4.26. The van der Waals surface area contributed by atoms with Crippen LogP contribution in [0.5, 0.6) is 0 Å². The zero-order valence-electron chi connectivity index (χ0n) is 18.4. The zero-order valence-corrected chi connectivity index (χ0v) is 19.2. The summed E-state index contributed by atoms with van der Waals surface area (Å²) in [6.07, 6.45) is 0.194. The molecule has 3 heterocycles. The summed E-state index contributed by atoms with van der Waals surface area (Å²) in [4.78, 5) is 33.2. The number of anilines is 1. The summed E-state index contributed by atoms with van der Waals surface area (Å²) in [5.41, 5.74) is 4.87. The number of hydrogen-bond acceptors (Lipinski definition) is 5. The van der Waals surface area contributed by atoms with Crippen molar-refractivity contribution in [2.45, 2.75) is 26.2 Å². The van der Waals surface area contributed by atoms with Gasteiger partial charge in [0.2, 0.25) is 5.91 Å². The van der Waals surface area contributed by atoms with E-state index in [4.69, 9.17) is 16.7 Å². The Kier molecular flexibility index (Phi) is 5.37. The molecule has 8 nitrogen and oxygen atoms in total. The van der Waals surface area contributed by atoms with Gasteiger partial charge in [-0.05, 0) is 49.7 Å². The van der Waals surface area contributed by atoms with Crippen LogP contribution in [0.2, 0.25) is 5.02 Å². The number of carboxylic acids is 1. The van der Waals surface area contributed by atoms with E-state index in [-0.39, 0.29) is 23.8 Å². The van der Waals surface area contributed by atoms with Crippen molar-refractivity contribution in [2.75, 3.05) is 5.32 Å². The van der Waals surface area contributed by atoms with Gasteiger partial charge in [0.1, 0.15) is 5.82 Å². The van der Waals surface area contributed by atoms with E-state index >= 15 is 0 Å². The number of nitrogens with one attached hydrogen (secondary N) is 1. The van der Waals surface area contributed by atoms with Gasteiger partial charge >= 0.3 is 5.97 Å². The third-order valence-corrected chi connectivity index (χ3v) is 6.01. The predicted molar refractivity (Wildman–Crippen MR) is 128 cm³/mol. The molecule has 9 heteroatoms. The van der Waals surface area contributed by atoms with Crippen LogP contribution in [0.1, 0.15) is 45.2 Å². The molecule has 34 heavy (non-hydrogen) atoms. The summed E-state index contributed by atoms with van der Waals surface area (Å²) in [6.45, 7) is 3.75. The van der Waals surface area contributed by atoms with Gasteiger partial charge in [-0.2, -0.15) is 9.78 Å². The smallest absolute Gasteiger partial charge is 0.335 e. The molecule has 5 rings (SSSR count). The second kappa shape index (κ2) is 8.39. The van der Waals surface area contributed by atoms with Gasteiger partial charge in [0.25, 0.3) is 5.95 Å². The van der Waals surface area contributed by atoms with Gasteiger partial charge in [0.05, 0.1) is 11.3 Å². The number of aryl methyl sites for hydroxylation is 2. The molecular formula is C25H20ClN5O3. The van der Waals surface area contributed by atoms with Crippen LogP contribution in [-0.2, 0) is 4.79 Å². The number of fused-ring (bicyclic) bond motifs is 1. The number of amides is 1. The van der Waals surface area contributed by atoms with Crippen LogP contribution < -0.4 is 5.32 Å². The summed E-state index contributed by atoms with van der Waals surface area (Å²) >= 11 is 6.11. The second-order valence-corrected chi connectivity index (χ2v) is 8.65. The van der Waals surface area contributed by atoms with Gasteiger partial charge in [-0.25, -0.2) is 14.8 Å². The first-order chi connectivity index (χ1) is 16.3. The summed E-state index contributed by atoms with van der Waals surface area (Å²) < 4.78 is 1.56. The van der Waals surface area contributed by atoms with E-state index < -0.39 is 5.97 Å². The van der Waals surface area contributed by atoms with Gasteiger partial charge in [-0.15, -0.1) is 0 Å². The Hall–Kier alpha value is -4.04. The highest BCUT2D eigenvalue weighted by Crippen LogP contribution is 2.43. The van der Waals surface area contributed by atoms with E-state index in [2.05, 4.69) is 15.3 Å². The molecule has 2 aromatic carbocycles. The van der Waals surface area contributed by atoms with Crippen molar-refractivity contribution in [3.05, 3.63) is 87.7 Å². The topological polar surface area (TPSA) is 110 Å². The van der Waals surface area contributed by atoms with Gasteiger partial charge in [0, 0.05) is 39.9 Å². The Balaban J connectivity index is 1.75. The first-order valence-electron chi connectivity index (χ1n) is 10.6. The molecule has 170 valence electrons. The van der Waals surface area contributed by atoms with E-state index in [1.54, 1.807) is 41.1 Å². The van der Waals surface area contributed by atoms with Crippen molar-refractivity contribution in [3.63, 3.8) is 0 Å². The number of rotatable bonds is 4. The van der Waals surface area contributed by atoms with Crippen LogP contribution in [-0.4, -0.2) is 36.7 Å². The number of nitrogens with zero attached hydrogens (tertiary/aromatic N) is 4. The van der Waals surface area contributed by atoms with Crippen LogP contribution in [0.15, 0.2) is 54.6 Å². The van der Waals surface area contributed by atoms with Crippen molar-refractivity contribution >= 4 is 29.3 Å². The second-order valence-electron chi connectivity index (χ2n) is 8.21. The van der Waals surface area contributed by atoms with Crippen LogP contribution in [0.4, 0.5) is 5.82 Å². The quantitative estimate of drug-likeness (QED) is 0.441. The molecule has 0 unspecified atom stereocenters. The van der Waals surface area contributed by atoms with Crippen molar-refractivity contribution in [2.24, 2.45) is 0 Å². The Labute approximate surface area is 200 Å². The lowest BCUT2D eigenvalue weighted by Crippen LogP contribution is -2.25. The predicted octanol–water partition coefficient (Wildman–Crippen LogP) is 4.77. The molecule has 0 spiro atoms. The Bertz CT molecular complexity index is 1410. The van der Waals surface area contributed by atoms with E-state index in [1.165, 1.54) is 0 Å².